The zero-order valence-electron chi connectivity index (χ0n) is 13.3. The molecular weight excluding hydrogens is 294 g/mol. The third kappa shape index (κ3) is 2.77. The van der Waals surface area contributed by atoms with Gasteiger partial charge in [0.2, 0.25) is 0 Å². The van der Waals surface area contributed by atoms with Crippen LogP contribution < -0.4 is 10.5 Å². The lowest BCUT2D eigenvalue weighted by molar-refractivity contribution is -0.135. The van der Waals surface area contributed by atoms with Gasteiger partial charge in [0.05, 0.1) is 5.52 Å². The van der Waals surface area contributed by atoms with Gasteiger partial charge in [-0.05, 0) is 49.6 Å². The lowest BCUT2D eigenvalue weighted by Crippen LogP contribution is -2.23. The van der Waals surface area contributed by atoms with Crippen LogP contribution in [0.25, 0.3) is 11.1 Å². The van der Waals surface area contributed by atoms with Crippen LogP contribution in [-0.2, 0) is 11.3 Å². The highest BCUT2D eigenvalue weighted by atomic mass is 16.5. The quantitative estimate of drug-likeness (QED) is 0.551. The predicted molar refractivity (Wildman–Crippen MR) is 86.8 cm³/mol. The van der Waals surface area contributed by atoms with Gasteiger partial charge in [0.1, 0.15) is 12.3 Å². The molecule has 5 nitrogen and oxygen atoms in total. The number of oxazole rings is 1. The molecule has 1 aromatic heterocycles. The molecule has 0 unspecified atom stereocenters. The zero-order chi connectivity index (χ0) is 16.6. The van der Waals surface area contributed by atoms with Crippen molar-refractivity contribution in [3.05, 3.63) is 63.6 Å². The van der Waals surface area contributed by atoms with Crippen LogP contribution in [-0.4, -0.2) is 10.5 Å². The molecule has 1 heterocycles. The Morgan fingerprint density at radius 2 is 1.78 bits per heavy atom. The monoisotopic (exact) mass is 311 g/mol. The molecule has 5 heteroatoms. The van der Waals surface area contributed by atoms with Crippen LogP contribution in [0.1, 0.15) is 16.7 Å². The fourth-order valence-corrected chi connectivity index (χ4v) is 2.52. The number of carbonyl (C=O) groups is 1. The van der Waals surface area contributed by atoms with E-state index < -0.39 is 11.7 Å². The molecule has 2 aromatic carbocycles. The summed E-state index contributed by atoms with van der Waals surface area (Å²) in [6, 6.07) is 10.9. The molecule has 23 heavy (non-hydrogen) atoms. The molecule has 0 saturated carbocycles. The molecule has 0 fully saturated rings. The predicted octanol–water partition coefficient (Wildman–Crippen LogP) is 3.13. The smallest absolute Gasteiger partial charge is 0.420 e. The van der Waals surface area contributed by atoms with Crippen LogP contribution in [0.4, 0.5) is 0 Å². The summed E-state index contributed by atoms with van der Waals surface area (Å²) in [5.74, 6) is -0.521. The number of esters is 1. The number of aryl methyl sites for hydroxylation is 2. The number of nitrogens with zero attached hydrogens (tertiary/aromatic N) is 1. The normalized spacial score (nSPS) is 10.9. The van der Waals surface area contributed by atoms with Crippen LogP contribution in [0, 0.1) is 20.8 Å². The number of hydrogen-bond donors (Lipinski definition) is 0. The number of aromatic nitrogens is 1. The molecule has 0 radical (unpaired) electrons. The highest BCUT2D eigenvalue weighted by Gasteiger charge is 2.16. The molecule has 0 saturated heterocycles. The number of benzene rings is 2. The van der Waals surface area contributed by atoms with Crippen LogP contribution in [0.3, 0.4) is 0 Å². The zero-order valence-corrected chi connectivity index (χ0v) is 13.3. The molecule has 3 aromatic rings. The summed E-state index contributed by atoms with van der Waals surface area (Å²) >= 11 is 0. The van der Waals surface area contributed by atoms with E-state index in [1.54, 1.807) is 24.3 Å². The number of fused-ring (bicyclic) bond motifs is 1. The first-order chi connectivity index (χ1) is 11.0. The summed E-state index contributed by atoms with van der Waals surface area (Å²) in [6.07, 6.45) is 0. The lowest BCUT2D eigenvalue weighted by atomic mass is 10.1. The van der Waals surface area contributed by atoms with Crippen molar-refractivity contribution in [1.82, 2.24) is 4.57 Å². The highest BCUT2D eigenvalue weighted by Crippen LogP contribution is 2.26. The first-order valence-corrected chi connectivity index (χ1v) is 7.33. The second kappa shape index (κ2) is 5.76. The van der Waals surface area contributed by atoms with Gasteiger partial charge in [0.25, 0.3) is 0 Å². The first-order valence-electron chi connectivity index (χ1n) is 7.33. The van der Waals surface area contributed by atoms with E-state index in [2.05, 4.69) is 0 Å². The Kier molecular flexibility index (Phi) is 3.78. The van der Waals surface area contributed by atoms with E-state index >= 15 is 0 Å². The Hall–Kier alpha value is -2.82. The van der Waals surface area contributed by atoms with Crippen LogP contribution in [0.2, 0.25) is 0 Å². The Balaban J connectivity index is 1.89. The summed E-state index contributed by atoms with van der Waals surface area (Å²) in [5.41, 5.74) is 3.87. The number of hydrogen-bond acceptors (Lipinski definition) is 4. The fourth-order valence-electron chi connectivity index (χ4n) is 2.52. The van der Waals surface area contributed by atoms with Crippen molar-refractivity contribution in [3.8, 4) is 5.75 Å². The van der Waals surface area contributed by atoms with Crippen molar-refractivity contribution in [2.75, 3.05) is 0 Å². The number of para-hydroxylation sites is 2. The van der Waals surface area contributed by atoms with Crippen molar-refractivity contribution >= 4 is 17.1 Å². The van der Waals surface area contributed by atoms with Gasteiger partial charge in [0.15, 0.2) is 5.58 Å². The minimum Gasteiger partial charge on any atom is -0.425 e. The van der Waals surface area contributed by atoms with Gasteiger partial charge < -0.3 is 9.15 Å². The molecule has 0 atom stereocenters. The van der Waals surface area contributed by atoms with Crippen molar-refractivity contribution in [2.24, 2.45) is 0 Å². The molecule has 0 N–H and O–H groups in total. The Morgan fingerprint density at radius 1 is 1.09 bits per heavy atom. The largest absolute Gasteiger partial charge is 0.425 e. The Bertz CT molecular complexity index is 949. The van der Waals surface area contributed by atoms with Gasteiger partial charge >= 0.3 is 11.7 Å². The van der Waals surface area contributed by atoms with E-state index in [9.17, 15) is 9.59 Å². The maximum atomic E-state index is 12.3. The number of ether oxygens (including phenoxy) is 1. The van der Waals surface area contributed by atoms with Gasteiger partial charge in [-0.1, -0.05) is 24.3 Å². The number of carbonyl (C=O) groups excluding carboxylic acids is 1. The van der Waals surface area contributed by atoms with E-state index in [0.29, 0.717) is 16.8 Å². The van der Waals surface area contributed by atoms with Crippen molar-refractivity contribution in [3.63, 3.8) is 0 Å². The minimum atomic E-state index is -0.569. The van der Waals surface area contributed by atoms with Gasteiger partial charge in [-0.15, -0.1) is 0 Å². The van der Waals surface area contributed by atoms with Crippen LogP contribution >= 0.6 is 0 Å². The molecule has 0 aliphatic heterocycles. The topological polar surface area (TPSA) is 61.4 Å². The van der Waals surface area contributed by atoms with E-state index in [0.717, 1.165) is 16.7 Å². The fraction of sp³-hybridized carbons (Fsp3) is 0.222. The van der Waals surface area contributed by atoms with Crippen LogP contribution in [0.5, 0.6) is 5.75 Å². The van der Waals surface area contributed by atoms with E-state index in [1.165, 1.54) is 4.57 Å². The summed E-state index contributed by atoms with van der Waals surface area (Å²) in [6.45, 7) is 5.56. The Labute approximate surface area is 133 Å². The molecule has 0 amide bonds. The van der Waals surface area contributed by atoms with Crippen molar-refractivity contribution in [1.29, 1.82) is 0 Å². The first kappa shape index (κ1) is 15.1. The molecule has 0 aliphatic carbocycles. The Morgan fingerprint density at radius 3 is 2.57 bits per heavy atom. The summed E-state index contributed by atoms with van der Waals surface area (Å²) in [4.78, 5) is 24.2. The lowest BCUT2D eigenvalue weighted by Gasteiger charge is -2.12. The summed E-state index contributed by atoms with van der Waals surface area (Å²) in [7, 11) is 0. The van der Waals surface area contributed by atoms with Gasteiger partial charge in [-0.3, -0.25) is 4.57 Å². The van der Waals surface area contributed by atoms with Crippen LogP contribution in [0.15, 0.2) is 45.6 Å². The third-order valence-corrected chi connectivity index (χ3v) is 3.95. The second-order valence-corrected chi connectivity index (χ2v) is 5.55. The van der Waals surface area contributed by atoms with E-state index in [4.69, 9.17) is 9.15 Å². The molecule has 0 bridgehead atoms. The SMILES string of the molecule is Cc1ccc(C)c(OC(=O)Cn2c(=O)oc3ccccc32)c1C. The summed E-state index contributed by atoms with van der Waals surface area (Å²) in [5, 5.41) is 0. The number of rotatable bonds is 3. The average Bonchev–Trinajstić information content (AvgIpc) is 2.84. The third-order valence-electron chi connectivity index (χ3n) is 3.95. The van der Waals surface area contributed by atoms with E-state index in [1.807, 2.05) is 32.9 Å². The molecule has 0 spiro atoms. The summed E-state index contributed by atoms with van der Waals surface area (Å²) < 4.78 is 11.9. The van der Waals surface area contributed by atoms with Gasteiger partial charge in [0, 0.05) is 0 Å². The van der Waals surface area contributed by atoms with Gasteiger partial charge in [-0.2, -0.15) is 0 Å². The maximum absolute atomic E-state index is 12.3. The van der Waals surface area contributed by atoms with Gasteiger partial charge in [-0.25, -0.2) is 9.59 Å². The minimum absolute atomic E-state index is 0.192. The molecule has 3 rings (SSSR count). The standard InChI is InChI=1S/C18H17NO4/c1-11-8-9-12(2)17(13(11)3)23-16(20)10-19-14-6-4-5-7-15(14)22-18(19)21/h4-9H,10H2,1-3H3. The highest BCUT2D eigenvalue weighted by molar-refractivity contribution is 5.78. The average molecular weight is 311 g/mol. The maximum Gasteiger partial charge on any atom is 0.420 e. The second-order valence-electron chi connectivity index (χ2n) is 5.55. The molecule has 118 valence electrons. The van der Waals surface area contributed by atoms with Crippen molar-refractivity contribution in [2.45, 2.75) is 27.3 Å². The molecule has 0 aliphatic rings. The van der Waals surface area contributed by atoms with E-state index in [-0.39, 0.29) is 6.54 Å². The van der Waals surface area contributed by atoms with Crippen molar-refractivity contribution < 1.29 is 13.9 Å². The molecular formula is C18H17NO4.